The van der Waals surface area contributed by atoms with E-state index in [4.69, 9.17) is 4.74 Å². The van der Waals surface area contributed by atoms with E-state index in [0.29, 0.717) is 16.7 Å². The molecule has 140 valence electrons. The maximum atomic E-state index is 12.5. The number of aromatic nitrogens is 3. The quantitative estimate of drug-likeness (QED) is 0.525. The number of phenols is 2. The van der Waals surface area contributed by atoms with E-state index in [1.807, 2.05) is 13.8 Å². The standard InChI is InChI=1S/C19H19N3O5/c1-10(2)22-18-15(8-20-22)14(6-11(3)21-18)19(26)27-9-17(25)13-5-4-12(23)7-16(13)24/h4-8,10,23-24H,9H2,1-3H3. The Morgan fingerprint density at radius 1 is 1.19 bits per heavy atom. The number of Topliss-reactive ketones (excluding diaryl/α,β-unsaturated/α-hetero) is 1. The Balaban J connectivity index is 1.83. The van der Waals surface area contributed by atoms with Gasteiger partial charge in [-0.15, -0.1) is 0 Å². The van der Waals surface area contributed by atoms with Gasteiger partial charge in [-0.05, 0) is 39.0 Å². The first-order valence-corrected chi connectivity index (χ1v) is 8.35. The molecular formula is C19H19N3O5. The van der Waals surface area contributed by atoms with Crippen LogP contribution in [0.2, 0.25) is 0 Å². The third-order valence-corrected chi connectivity index (χ3v) is 4.02. The lowest BCUT2D eigenvalue weighted by Gasteiger charge is -2.09. The van der Waals surface area contributed by atoms with Gasteiger partial charge in [0.15, 0.2) is 12.3 Å². The summed E-state index contributed by atoms with van der Waals surface area (Å²) in [6.07, 6.45) is 1.55. The number of esters is 1. The van der Waals surface area contributed by atoms with E-state index < -0.39 is 18.4 Å². The number of carbonyl (C=O) groups is 2. The number of pyridine rings is 1. The van der Waals surface area contributed by atoms with Crippen molar-refractivity contribution in [1.82, 2.24) is 14.8 Å². The second-order valence-electron chi connectivity index (χ2n) is 6.43. The highest BCUT2D eigenvalue weighted by atomic mass is 16.5. The highest BCUT2D eigenvalue weighted by Gasteiger charge is 2.20. The Morgan fingerprint density at radius 3 is 2.59 bits per heavy atom. The predicted octanol–water partition coefficient (Wildman–Crippen LogP) is 2.77. The van der Waals surface area contributed by atoms with Crippen molar-refractivity contribution in [2.24, 2.45) is 0 Å². The molecule has 0 aliphatic heterocycles. The van der Waals surface area contributed by atoms with Crippen molar-refractivity contribution in [3.05, 3.63) is 47.3 Å². The fraction of sp³-hybridized carbons (Fsp3) is 0.263. The van der Waals surface area contributed by atoms with Gasteiger partial charge in [-0.25, -0.2) is 14.5 Å². The van der Waals surface area contributed by atoms with Gasteiger partial charge in [0.25, 0.3) is 0 Å². The van der Waals surface area contributed by atoms with E-state index in [1.165, 1.54) is 12.1 Å². The fourth-order valence-corrected chi connectivity index (χ4v) is 2.73. The average molecular weight is 369 g/mol. The van der Waals surface area contributed by atoms with Crippen molar-refractivity contribution in [2.45, 2.75) is 26.8 Å². The van der Waals surface area contributed by atoms with E-state index in [-0.39, 0.29) is 28.7 Å². The van der Waals surface area contributed by atoms with E-state index >= 15 is 0 Å². The van der Waals surface area contributed by atoms with E-state index in [2.05, 4.69) is 10.1 Å². The molecule has 2 heterocycles. The highest BCUT2D eigenvalue weighted by Crippen LogP contribution is 2.24. The van der Waals surface area contributed by atoms with E-state index in [9.17, 15) is 19.8 Å². The number of aryl methyl sites for hydroxylation is 1. The summed E-state index contributed by atoms with van der Waals surface area (Å²) in [6, 6.07) is 5.23. The van der Waals surface area contributed by atoms with Crippen LogP contribution in [0.4, 0.5) is 0 Å². The molecule has 0 spiro atoms. The zero-order valence-electron chi connectivity index (χ0n) is 15.1. The zero-order chi connectivity index (χ0) is 19.7. The fourth-order valence-electron chi connectivity index (χ4n) is 2.73. The predicted molar refractivity (Wildman–Crippen MR) is 97.0 cm³/mol. The van der Waals surface area contributed by atoms with Crippen molar-refractivity contribution in [2.75, 3.05) is 6.61 Å². The molecule has 2 aromatic heterocycles. The summed E-state index contributed by atoms with van der Waals surface area (Å²) in [5, 5.41) is 23.8. The van der Waals surface area contributed by atoms with Crippen LogP contribution in [0.1, 0.15) is 46.3 Å². The molecule has 0 aliphatic carbocycles. The van der Waals surface area contributed by atoms with E-state index in [0.717, 1.165) is 6.07 Å². The Hall–Kier alpha value is -3.42. The van der Waals surface area contributed by atoms with Gasteiger partial charge in [0.2, 0.25) is 5.78 Å². The molecule has 8 heteroatoms. The zero-order valence-corrected chi connectivity index (χ0v) is 15.1. The van der Waals surface area contributed by atoms with Gasteiger partial charge in [0, 0.05) is 17.8 Å². The monoisotopic (exact) mass is 369 g/mol. The minimum atomic E-state index is -0.680. The summed E-state index contributed by atoms with van der Waals surface area (Å²) in [5.74, 6) is -1.81. The molecule has 0 aliphatic rings. The first-order valence-electron chi connectivity index (χ1n) is 8.35. The molecule has 0 radical (unpaired) electrons. The van der Waals surface area contributed by atoms with Crippen molar-refractivity contribution < 1.29 is 24.5 Å². The Bertz CT molecular complexity index is 1040. The van der Waals surface area contributed by atoms with Crippen LogP contribution in [0.5, 0.6) is 11.5 Å². The van der Waals surface area contributed by atoms with Gasteiger partial charge in [-0.2, -0.15) is 5.10 Å². The summed E-state index contributed by atoms with van der Waals surface area (Å²) in [4.78, 5) is 29.1. The Kier molecular flexibility index (Phi) is 4.81. The molecule has 0 saturated carbocycles. The summed E-state index contributed by atoms with van der Waals surface area (Å²) >= 11 is 0. The number of benzene rings is 1. The molecule has 0 fully saturated rings. The SMILES string of the molecule is Cc1cc(C(=O)OCC(=O)c2ccc(O)cc2O)c2cnn(C(C)C)c2n1. The second kappa shape index (κ2) is 7.06. The lowest BCUT2D eigenvalue weighted by Crippen LogP contribution is -2.15. The molecule has 0 saturated heterocycles. The van der Waals surface area contributed by atoms with Crippen molar-refractivity contribution >= 4 is 22.8 Å². The van der Waals surface area contributed by atoms with Crippen LogP contribution in [0.15, 0.2) is 30.5 Å². The van der Waals surface area contributed by atoms with Crippen molar-refractivity contribution in [1.29, 1.82) is 0 Å². The highest BCUT2D eigenvalue weighted by molar-refractivity contribution is 6.05. The third kappa shape index (κ3) is 3.59. The Labute approximate surface area is 155 Å². The smallest absolute Gasteiger partial charge is 0.339 e. The summed E-state index contributed by atoms with van der Waals surface area (Å²) < 4.78 is 6.84. The van der Waals surface area contributed by atoms with E-state index in [1.54, 1.807) is 23.9 Å². The lowest BCUT2D eigenvalue weighted by atomic mass is 10.1. The number of phenolic OH excluding ortho intramolecular Hbond substituents is 2. The molecule has 0 unspecified atom stereocenters. The Morgan fingerprint density at radius 2 is 1.93 bits per heavy atom. The number of nitrogens with zero attached hydrogens (tertiary/aromatic N) is 3. The summed E-state index contributed by atoms with van der Waals surface area (Å²) in [5.41, 5.74) is 1.43. The normalized spacial score (nSPS) is 11.1. The van der Waals surface area contributed by atoms with Crippen LogP contribution < -0.4 is 0 Å². The third-order valence-electron chi connectivity index (χ3n) is 4.02. The molecule has 2 N–H and O–H groups in total. The molecule has 8 nitrogen and oxygen atoms in total. The minimum absolute atomic E-state index is 0.0377. The molecule has 3 rings (SSSR count). The molecule has 0 bridgehead atoms. The van der Waals surface area contributed by atoms with Gasteiger partial charge in [0.05, 0.1) is 22.7 Å². The summed E-state index contributed by atoms with van der Waals surface area (Å²) in [7, 11) is 0. The molecule has 0 amide bonds. The largest absolute Gasteiger partial charge is 0.508 e. The van der Waals surface area contributed by atoms with Crippen LogP contribution >= 0.6 is 0 Å². The first kappa shape index (κ1) is 18.4. The molecule has 3 aromatic rings. The number of hydrogen-bond donors (Lipinski definition) is 2. The van der Waals surface area contributed by atoms with Gasteiger partial charge in [0.1, 0.15) is 11.5 Å². The maximum absolute atomic E-state index is 12.5. The van der Waals surface area contributed by atoms with Gasteiger partial charge < -0.3 is 14.9 Å². The number of rotatable bonds is 5. The van der Waals surface area contributed by atoms with Crippen molar-refractivity contribution in [3.8, 4) is 11.5 Å². The minimum Gasteiger partial charge on any atom is -0.508 e. The van der Waals surface area contributed by atoms with Crippen LogP contribution in [0.25, 0.3) is 11.0 Å². The topological polar surface area (TPSA) is 115 Å². The molecule has 1 aromatic carbocycles. The van der Waals surface area contributed by atoms with Crippen molar-refractivity contribution in [3.63, 3.8) is 0 Å². The van der Waals surface area contributed by atoms with Crippen LogP contribution in [0.3, 0.4) is 0 Å². The molecular weight excluding hydrogens is 350 g/mol. The van der Waals surface area contributed by atoms with Gasteiger partial charge >= 0.3 is 5.97 Å². The number of ketones is 1. The first-order chi connectivity index (χ1) is 12.8. The van der Waals surface area contributed by atoms with Crippen LogP contribution in [-0.4, -0.2) is 43.3 Å². The number of hydrogen-bond acceptors (Lipinski definition) is 7. The number of ether oxygens (including phenoxy) is 1. The number of fused-ring (bicyclic) bond motifs is 1. The van der Waals surface area contributed by atoms with Gasteiger partial charge in [-0.3, -0.25) is 4.79 Å². The maximum Gasteiger partial charge on any atom is 0.339 e. The second-order valence-corrected chi connectivity index (χ2v) is 6.43. The number of aromatic hydroxyl groups is 2. The van der Waals surface area contributed by atoms with Crippen LogP contribution in [-0.2, 0) is 4.74 Å². The lowest BCUT2D eigenvalue weighted by molar-refractivity contribution is 0.0475. The van der Waals surface area contributed by atoms with Gasteiger partial charge in [-0.1, -0.05) is 0 Å². The number of carbonyl (C=O) groups excluding carboxylic acids is 2. The van der Waals surface area contributed by atoms with Crippen LogP contribution in [0, 0.1) is 6.92 Å². The molecule has 0 atom stereocenters. The summed E-state index contributed by atoms with van der Waals surface area (Å²) in [6.45, 7) is 5.13. The average Bonchev–Trinajstić information content (AvgIpc) is 3.02. The molecule has 27 heavy (non-hydrogen) atoms.